The first-order valence-corrected chi connectivity index (χ1v) is 5.81. The molecular weight excluding hydrogens is 260 g/mol. The number of carboxylic acids is 1. The average molecular weight is 272 g/mol. The second kappa shape index (κ2) is 5.87. The van der Waals surface area contributed by atoms with Crippen molar-refractivity contribution < 1.29 is 14.7 Å². The first-order chi connectivity index (χ1) is 9.56. The Balaban J connectivity index is 1.97. The Hall–Kier alpha value is -2.83. The van der Waals surface area contributed by atoms with E-state index in [4.69, 9.17) is 5.11 Å². The maximum Gasteiger partial charge on any atom is 0.337 e. The number of aromatic carboxylic acids is 1. The van der Waals surface area contributed by atoms with Gasteiger partial charge in [0.1, 0.15) is 5.69 Å². The van der Waals surface area contributed by atoms with Crippen molar-refractivity contribution in [2.24, 2.45) is 0 Å². The Morgan fingerprint density at radius 1 is 1.15 bits per heavy atom. The normalized spacial score (nSPS) is 10.1. The highest BCUT2D eigenvalue weighted by atomic mass is 16.4. The molecule has 0 aliphatic heterocycles. The van der Waals surface area contributed by atoms with Gasteiger partial charge < -0.3 is 10.4 Å². The standard InChI is InChI=1S/C13H12N4O3/c1-8-4-15-10(6-14-8)7-17-12(18)11-3-2-9(5-16-11)13(19)20/h2-6H,7H2,1H3,(H,17,18)(H,19,20). The zero-order valence-electron chi connectivity index (χ0n) is 10.7. The van der Waals surface area contributed by atoms with E-state index in [0.717, 1.165) is 11.9 Å². The Labute approximate surface area is 114 Å². The molecule has 20 heavy (non-hydrogen) atoms. The van der Waals surface area contributed by atoms with E-state index in [-0.39, 0.29) is 17.8 Å². The van der Waals surface area contributed by atoms with E-state index < -0.39 is 11.9 Å². The van der Waals surface area contributed by atoms with Crippen LogP contribution >= 0.6 is 0 Å². The first-order valence-electron chi connectivity index (χ1n) is 5.81. The lowest BCUT2D eigenvalue weighted by Crippen LogP contribution is -2.24. The fraction of sp³-hybridized carbons (Fsp3) is 0.154. The van der Waals surface area contributed by atoms with Crippen molar-refractivity contribution in [3.05, 3.63) is 53.4 Å². The SMILES string of the molecule is Cc1cnc(CNC(=O)c2ccc(C(=O)O)cn2)cn1. The summed E-state index contributed by atoms with van der Waals surface area (Å²) in [5, 5.41) is 11.4. The van der Waals surface area contributed by atoms with Gasteiger partial charge in [-0.1, -0.05) is 0 Å². The third-order valence-corrected chi connectivity index (χ3v) is 2.51. The molecule has 2 aromatic rings. The number of aromatic nitrogens is 3. The van der Waals surface area contributed by atoms with Crippen LogP contribution in [0.5, 0.6) is 0 Å². The maximum atomic E-state index is 11.8. The predicted molar refractivity (Wildman–Crippen MR) is 69.1 cm³/mol. The van der Waals surface area contributed by atoms with Gasteiger partial charge in [-0.05, 0) is 19.1 Å². The number of amides is 1. The zero-order chi connectivity index (χ0) is 14.5. The van der Waals surface area contributed by atoms with Crippen LogP contribution in [0.15, 0.2) is 30.7 Å². The number of carboxylic acid groups (broad SMARTS) is 1. The molecule has 7 nitrogen and oxygen atoms in total. The Kier molecular flexibility index (Phi) is 3.99. The second-order valence-electron chi connectivity index (χ2n) is 4.07. The highest BCUT2D eigenvalue weighted by molar-refractivity contribution is 5.93. The number of pyridine rings is 1. The van der Waals surface area contributed by atoms with Crippen molar-refractivity contribution in [3.8, 4) is 0 Å². The van der Waals surface area contributed by atoms with Crippen molar-refractivity contribution >= 4 is 11.9 Å². The smallest absolute Gasteiger partial charge is 0.337 e. The van der Waals surface area contributed by atoms with Gasteiger partial charge in [-0.3, -0.25) is 19.7 Å². The van der Waals surface area contributed by atoms with Crippen LogP contribution in [-0.4, -0.2) is 31.9 Å². The number of carbonyl (C=O) groups is 2. The Bertz CT molecular complexity index is 623. The lowest BCUT2D eigenvalue weighted by atomic mass is 10.2. The van der Waals surface area contributed by atoms with Gasteiger partial charge in [0.15, 0.2) is 0 Å². The van der Waals surface area contributed by atoms with Crippen molar-refractivity contribution in [2.75, 3.05) is 0 Å². The van der Waals surface area contributed by atoms with Gasteiger partial charge in [0.05, 0.1) is 29.7 Å². The van der Waals surface area contributed by atoms with Crippen LogP contribution in [0.4, 0.5) is 0 Å². The maximum absolute atomic E-state index is 11.8. The number of hydrogen-bond donors (Lipinski definition) is 2. The lowest BCUT2D eigenvalue weighted by molar-refractivity contribution is 0.0695. The number of hydrogen-bond acceptors (Lipinski definition) is 5. The van der Waals surface area contributed by atoms with Gasteiger partial charge >= 0.3 is 5.97 Å². The largest absolute Gasteiger partial charge is 0.478 e. The van der Waals surface area contributed by atoms with E-state index in [0.29, 0.717) is 5.69 Å². The van der Waals surface area contributed by atoms with Gasteiger partial charge in [-0.25, -0.2) is 4.79 Å². The van der Waals surface area contributed by atoms with Crippen molar-refractivity contribution in [3.63, 3.8) is 0 Å². The van der Waals surface area contributed by atoms with Gasteiger partial charge in [0.25, 0.3) is 5.91 Å². The van der Waals surface area contributed by atoms with Crippen LogP contribution in [0.3, 0.4) is 0 Å². The lowest BCUT2D eigenvalue weighted by Gasteiger charge is -2.04. The van der Waals surface area contributed by atoms with E-state index in [1.54, 1.807) is 12.4 Å². The van der Waals surface area contributed by atoms with E-state index in [9.17, 15) is 9.59 Å². The van der Waals surface area contributed by atoms with Crippen molar-refractivity contribution in [2.45, 2.75) is 13.5 Å². The molecule has 0 aliphatic rings. The molecule has 1 amide bonds. The summed E-state index contributed by atoms with van der Waals surface area (Å²) in [6, 6.07) is 2.69. The molecule has 2 aromatic heterocycles. The summed E-state index contributed by atoms with van der Waals surface area (Å²) in [7, 11) is 0. The first kappa shape index (κ1) is 13.6. The fourth-order valence-electron chi connectivity index (χ4n) is 1.43. The number of carbonyl (C=O) groups excluding carboxylic acids is 1. The summed E-state index contributed by atoms with van der Waals surface area (Å²) in [6.07, 6.45) is 4.33. The number of rotatable bonds is 4. The topological polar surface area (TPSA) is 105 Å². The quantitative estimate of drug-likeness (QED) is 0.853. The molecule has 0 radical (unpaired) electrons. The van der Waals surface area contributed by atoms with E-state index in [2.05, 4.69) is 20.3 Å². The summed E-state index contributed by atoms with van der Waals surface area (Å²) >= 11 is 0. The zero-order valence-corrected chi connectivity index (χ0v) is 10.7. The summed E-state index contributed by atoms with van der Waals surface area (Å²) in [5.74, 6) is -1.48. The molecule has 0 bridgehead atoms. The summed E-state index contributed by atoms with van der Waals surface area (Å²) < 4.78 is 0. The van der Waals surface area contributed by atoms with Gasteiger partial charge in [-0.2, -0.15) is 0 Å². The molecule has 2 heterocycles. The van der Waals surface area contributed by atoms with Crippen LogP contribution in [0.1, 0.15) is 32.2 Å². The monoisotopic (exact) mass is 272 g/mol. The molecule has 0 fully saturated rings. The molecular formula is C13H12N4O3. The Morgan fingerprint density at radius 2 is 1.95 bits per heavy atom. The molecule has 0 aliphatic carbocycles. The number of nitrogens with zero attached hydrogens (tertiary/aromatic N) is 3. The predicted octanol–water partition coefficient (Wildman–Crippen LogP) is 0.808. The highest BCUT2D eigenvalue weighted by Gasteiger charge is 2.09. The molecule has 0 saturated carbocycles. The number of nitrogens with one attached hydrogen (secondary N) is 1. The van der Waals surface area contributed by atoms with E-state index in [1.807, 2.05) is 6.92 Å². The molecule has 0 saturated heterocycles. The molecule has 0 atom stereocenters. The van der Waals surface area contributed by atoms with E-state index >= 15 is 0 Å². The molecule has 102 valence electrons. The third-order valence-electron chi connectivity index (χ3n) is 2.51. The minimum absolute atomic E-state index is 0.0333. The Morgan fingerprint density at radius 3 is 2.50 bits per heavy atom. The average Bonchev–Trinajstić information content (AvgIpc) is 2.46. The minimum Gasteiger partial charge on any atom is -0.478 e. The molecule has 7 heteroatoms. The van der Waals surface area contributed by atoms with Gasteiger partial charge in [-0.15, -0.1) is 0 Å². The van der Waals surface area contributed by atoms with Crippen molar-refractivity contribution in [1.82, 2.24) is 20.3 Å². The van der Waals surface area contributed by atoms with Crippen LogP contribution in [-0.2, 0) is 6.54 Å². The minimum atomic E-state index is -1.08. The second-order valence-corrected chi connectivity index (χ2v) is 4.07. The number of aryl methyl sites for hydroxylation is 1. The van der Waals surface area contributed by atoms with Crippen LogP contribution in [0, 0.1) is 6.92 Å². The molecule has 0 unspecified atom stereocenters. The molecule has 0 spiro atoms. The summed E-state index contributed by atoms with van der Waals surface area (Å²) in [4.78, 5) is 34.4. The van der Waals surface area contributed by atoms with Crippen LogP contribution in [0.2, 0.25) is 0 Å². The van der Waals surface area contributed by atoms with Gasteiger partial charge in [0, 0.05) is 12.4 Å². The van der Waals surface area contributed by atoms with E-state index in [1.165, 1.54) is 12.1 Å². The fourth-order valence-corrected chi connectivity index (χ4v) is 1.43. The highest BCUT2D eigenvalue weighted by Crippen LogP contribution is 2.01. The van der Waals surface area contributed by atoms with Crippen LogP contribution < -0.4 is 5.32 Å². The van der Waals surface area contributed by atoms with Gasteiger partial charge in [0.2, 0.25) is 0 Å². The van der Waals surface area contributed by atoms with Crippen LogP contribution in [0.25, 0.3) is 0 Å². The van der Waals surface area contributed by atoms with Crippen molar-refractivity contribution in [1.29, 1.82) is 0 Å². The third kappa shape index (κ3) is 3.35. The molecule has 2 rings (SSSR count). The molecule has 0 aromatic carbocycles. The summed E-state index contributed by atoms with van der Waals surface area (Å²) in [5.41, 5.74) is 1.61. The molecule has 2 N–H and O–H groups in total. The summed E-state index contributed by atoms with van der Waals surface area (Å²) in [6.45, 7) is 2.05.